The van der Waals surface area contributed by atoms with Gasteiger partial charge >= 0.3 is 6.01 Å². The van der Waals surface area contributed by atoms with Crippen LogP contribution >= 0.6 is 11.3 Å². The van der Waals surface area contributed by atoms with Gasteiger partial charge in [-0.2, -0.15) is 4.98 Å². The van der Waals surface area contributed by atoms with E-state index in [0.29, 0.717) is 6.01 Å². The van der Waals surface area contributed by atoms with Crippen LogP contribution in [0.15, 0.2) is 40.9 Å². The minimum atomic E-state index is -2.10. The van der Waals surface area contributed by atoms with Crippen LogP contribution in [-0.2, 0) is 21.6 Å². The number of ether oxygens (including phenoxy) is 1. The zero-order chi connectivity index (χ0) is 25.2. The molecule has 9 nitrogen and oxygen atoms in total. The fraction of sp³-hybridized carbons (Fsp3) is 0.440. The molecular formula is C25H28N5O4S2-. The number of anilines is 1. The summed E-state index contributed by atoms with van der Waals surface area (Å²) in [5.74, 6) is 0.989. The highest BCUT2D eigenvalue weighted by atomic mass is 32.2. The minimum absolute atomic E-state index is 0.0118. The molecule has 1 aromatic carbocycles. The molecule has 1 saturated heterocycles. The summed E-state index contributed by atoms with van der Waals surface area (Å²) in [7, 11) is 0. The Morgan fingerprint density at radius 2 is 1.86 bits per heavy atom. The Bertz CT molecular complexity index is 1350. The number of benzene rings is 1. The molecule has 4 aromatic rings. The van der Waals surface area contributed by atoms with Crippen molar-refractivity contribution in [2.45, 2.75) is 57.5 Å². The molecule has 0 amide bonds. The van der Waals surface area contributed by atoms with Crippen molar-refractivity contribution in [3.8, 4) is 11.3 Å². The van der Waals surface area contributed by atoms with Gasteiger partial charge in [-0.3, -0.25) is 4.21 Å². The number of hydrogen-bond acceptors (Lipinski definition) is 10. The van der Waals surface area contributed by atoms with Crippen LogP contribution in [0.1, 0.15) is 62.0 Å². The highest BCUT2D eigenvalue weighted by molar-refractivity contribution is 7.78. The van der Waals surface area contributed by atoms with Crippen LogP contribution in [-0.4, -0.2) is 48.1 Å². The molecule has 0 radical (unpaired) electrons. The van der Waals surface area contributed by atoms with Gasteiger partial charge in [-0.05, 0) is 37.5 Å². The molecule has 36 heavy (non-hydrogen) atoms. The Labute approximate surface area is 216 Å². The molecule has 0 N–H and O–H groups in total. The van der Waals surface area contributed by atoms with Gasteiger partial charge in [-0.1, -0.05) is 65.7 Å². The van der Waals surface area contributed by atoms with Gasteiger partial charge in [0, 0.05) is 30.3 Å². The Balaban J connectivity index is 1.21. The third-order valence-corrected chi connectivity index (χ3v) is 7.91. The van der Waals surface area contributed by atoms with E-state index in [4.69, 9.17) is 19.2 Å². The standard InChI is InChI=1S/C25H29N5O4S2/c1-15(2)22-28-25(34-29-22)30-12-10-19(11-13-30)33-16(3)23-27-21-9-8-20(26-24(21)35-23)18-6-4-17(5-7-18)14-36(31)32/h4-9,15-16,19H,10-14H2,1-3H3,(H,31,32)/p-1. The lowest BCUT2D eigenvalue weighted by Crippen LogP contribution is -2.37. The van der Waals surface area contributed by atoms with Gasteiger partial charge in [0.2, 0.25) is 0 Å². The van der Waals surface area contributed by atoms with Crippen molar-refractivity contribution < 1.29 is 18.0 Å². The molecule has 190 valence electrons. The van der Waals surface area contributed by atoms with E-state index >= 15 is 0 Å². The molecule has 0 saturated carbocycles. The van der Waals surface area contributed by atoms with E-state index < -0.39 is 11.1 Å². The van der Waals surface area contributed by atoms with E-state index in [1.54, 1.807) is 11.3 Å². The van der Waals surface area contributed by atoms with Crippen LogP contribution in [0.25, 0.3) is 21.6 Å². The molecule has 5 rings (SSSR count). The van der Waals surface area contributed by atoms with Crippen LogP contribution in [0.3, 0.4) is 0 Å². The van der Waals surface area contributed by atoms with Crippen LogP contribution in [0.4, 0.5) is 6.01 Å². The second kappa shape index (κ2) is 10.7. The van der Waals surface area contributed by atoms with Gasteiger partial charge < -0.3 is 18.7 Å². The molecule has 1 aliphatic heterocycles. The predicted molar refractivity (Wildman–Crippen MR) is 139 cm³/mol. The molecule has 1 fully saturated rings. The first-order chi connectivity index (χ1) is 17.4. The van der Waals surface area contributed by atoms with Gasteiger partial charge in [-0.25, -0.2) is 9.97 Å². The fourth-order valence-corrected chi connectivity index (χ4v) is 5.59. The maximum absolute atomic E-state index is 10.9. The van der Waals surface area contributed by atoms with Crippen LogP contribution in [0.2, 0.25) is 0 Å². The van der Waals surface area contributed by atoms with E-state index in [2.05, 4.69) is 28.9 Å². The first-order valence-corrected chi connectivity index (χ1v) is 14.1. The lowest BCUT2D eigenvalue weighted by atomic mass is 10.1. The van der Waals surface area contributed by atoms with Gasteiger partial charge in [0.05, 0.1) is 11.8 Å². The van der Waals surface area contributed by atoms with Crippen molar-refractivity contribution in [1.29, 1.82) is 0 Å². The first-order valence-electron chi connectivity index (χ1n) is 12.0. The van der Waals surface area contributed by atoms with Crippen LogP contribution < -0.4 is 4.90 Å². The van der Waals surface area contributed by atoms with E-state index in [9.17, 15) is 8.76 Å². The zero-order valence-corrected chi connectivity index (χ0v) is 22.1. The lowest BCUT2D eigenvalue weighted by molar-refractivity contribution is -0.0160. The molecule has 3 aromatic heterocycles. The minimum Gasteiger partial charge on any atom is -0.772 e. The Hall–Kier alpha value is -2.73. The van der Waals surface area contributed by atoms with Crippen molar-refractivity contribution in [2.75, 3.05) is 18.0 Å². The third-order valence-electron chi connectivity index (χ3n) is 6.21. The summed E-state index contributed by atoms with van der Waals surface area (Å²) in [5, 5.41) is 4.97. The van der Waals surface area contributed by atoms with E-state index in [1.165, 1.54) is 0 Å². The summed E-state index contributed by atoms with van der Waals surface area (Å²) in [6.07, 6.45) is 1.77. The van der Waals surface area contributed by atoms with Crippen molar-refractivity contribution in [3.05, 3.63) is 52.8 Å². The average molecular weight is 527 g/mol. The molecule has 11 heteroatoms. The largest absolute Gasteiger partial charge is 0.772 e. The number of rotatable bonds is 8. The summed E-state index contributed by atoms with van der Waals surface area (Å²) in [5.41, 5.74) is 3.36. The van der Waals surface area contributed by atoms with E-state index in [1.807, 2.05) is 43.3 Å². The molecule has 0 aliphatic carbocycles. The number of piperidine rings is 1. The van der Waals surface area contributed by atoms with E-state index in [-0.39, 0.29) is 23.9 Å². The van der Waals surface area contributed by atoms with Gasteiger partial charge in [0.1, 0.15) is 21.5 Å². The second-order valence-corrected chi connectivity index (χ2v) is 11.2. The third kappa shape index (κ3) is 5.64. The van der Waals surface area contributed by atoms with Gasteiger partial charge in [0.15, 0.2) is 5.82 Å². The number of thiazole rings is 1. The maximum atomic E-state index is 10.9. The Morgan fingerprint density at radius 3 is 2.53 bits per heavy atom. The smallest absolute Gasteiger partial charge is 0.324 e. The zero-order valence-electron chi connectivity index (χ0n) is 20.4. The maximum Gasteiger partial charge on any atom is 0.324 e. The van der Waals surface area contributed by atoms with Gasteiger partial charge in [0.25, 0.3) is 0 Å². The van der Waals surface area contributed by atoms with Gasteiger partial charge in [-0.15, -0.1) is 0 Å². The van der Waals surface area contributed by atoms with E-state index in [0.717, 1.165) is 63.9 Å². The van der Waals surface area contributed by atoms with Crippen LogP contribution in [0.5, 0.6) is 0 Å². The van der Waals surface area contributed by atoms with Crippen molar-refractivity contribution >= 4 is 38.8 Å². The lowest BCUT2D eigenvalue weighted by Gasteiger charge is -2.31. The van der Waals surface area contributed by atoms with Crippen molar-refractivity contribution in [1.82, 2.24) is 20.1 Å². The number of aromatic nitrogens is 4. The highest BCUT2D eigenvalue weighted by Gasteiger charge is 2.26. The van der Waals surface area contributed by atoms with Crippen LogP contribution in [0, 0.1) is 0 Å². The highest BCUT2D eigenvalue weighted by Crippen LogP contribution is 2.32. The topological polar surface area (TPSA) is 117 Å². The normalized spacial score (nSPS) is 16.6. The first kappa shape index (κ1) is 24.9. The predicted octanol–water partition coefficient (Wildman–Crippen LogP) is 4.99. The van der Waals surface area contributed by atoms with Crippen molar-refractivity contribution in [2.24, 2.45) is 0 Å². The molecule has 1 aliphatic rings. The monoisotopic (exact) mass is 526 g/mol. The molecule has 2 atom stereocenters. The molecule has 0 spiro atoms. The summed E-state index contributed by atoms with van der Waals surface area (Å²) >= 11 is -0.554. The Kier molecular flexibility index (Phi) is 7.42. The van der Waals surface area contributed by atoms with Crippen molar-refractivity contribution in [3.63, 3.8) is 0 Å². The molecular weight excluding hydrogens is 498 g/mol. The quantitative estimate of drug-likeness (QED) is 0.293. The summed E-state index contributed by atoms with van der Waals surface area (Å²) in [6, 6.07) is 11.9. The molecule has 4 heterocycles. The summed E-state index contributed by atoms with van der Waals surface area (Å²) in [4.78, 5) is 17.0. The number of hydrogen-bond donors (Lipinski definition) is 0. The summed E-state index contributed by atoms with van der Waals surface area (Å²) < 4.78 is 33.6. The summed E-state index contributed by atoms with van der Waals surface area (Å²) in [6.45, 7) is 7.76. The number of pyridine rings is 1. The number of fused-ring (bicyclic) bond motifs is 1. The molecule has 0 bridgehead atoms. The fourth-order valence-electron chi connectivity index (χ4n) is 4.20. The Morgan fingerprint density at radius 1 is 1.11 bits per heavy atom. The number of nitrogens with zero attached hydrogens (tertiary/aromatic N) is 5. The molecule has 2 unspecified atom stereocenters. The SMILES string of the molecule is CC(C)c1noc(N2CCC(OC(C)c3nc4ccc(-c5ccc(CS(=O)[O-])cc5)nc4s3)CC2)n1. The average Bonchev–Trinajstić information content (AvgIpc) is 3.52. The second-order valence-electron chi connectivity index (χ2n) is 9.27.